The van der Waals surface area contributed by atoms with E-state index in [0.29, 0.717) is 11.3 Å². The van der Waals surface area contributed by atoms with Gasteiger partial charge in [0.2, 0.25) is 0 Å². The average Bonchev–Trinajstić information content (AvgIpc) is 2.74. The van der Waals surface area contributed by atoms with Crippen LogP contribution in [0.5, 0.6) is 0 Å². The van der Waals surface area contributed by atoms with Crippen molar-refractivity contribution in [1.29, 1.82) is 0 Å². The minimum Gasteiger partial charge on any atom is -0.346 e. The van der Waals surface area contributed by atoms with Crippen molar-refractivity contribution >= 4 is 23.2 Å². The molecule has 1 atom stereocenters. The molecule has 0 saturated carbocycles. The third-order valence-electron chi connectivity index (χ3n) is 4.37. The molecule has 0 saturated heterocycles. The van der Waals surface area contributed by atoms with Gasteiger partial charge in [0, 0.05) is 28.9 Å². The van der Waals surface area contributed by atoms with Crippen LogP contribution in [-0.4, -0.2) is 16.7 Å². The van der Waals surface area contributed by atoms with Crippen molar-refractivity contribution < 1.29 is 14.5 Å². The first-order chi connectivity index (χ1) is 13.9. The molecule has 0 aliphatic carbocycles. The zero-order valence-electron chi connectivity index (χ0n) is 15.7. The van der Waals surface area contributed by atoms with Crippen molar-refractivity contribution in [3.8, 4) is 0 Å². The van der Waals surface area contributed by atoms with Crippen LogP contribution in [-0.2, 0) is 0 Å². The molecule has 7 heteroatoms. The van der Waals surface area contributed by atoms with Gasteiger partial charge < -0.3 is 10.6 Å². The number of nitro benzene ring substituents is 1. The van der Waals surface area contributed by atoms with Crippen molar-refractivity contribution in [2.75, 3.05) is 5.32 Å². The maximum absolute atomic E-state index is 12.6. The lowest BCUT2D eigenvalue weighted by Gasteiger charge is -2.15. The highest BCUT2D eigenvalue weighted by Gasteiger charge is 2.13. The molecule has 0 aliphatic heterocycles. The number of nitrogens with zero attached hydrogens (tertiary/aromatic N) is 1. The normalized spacial score (nSPS) is 11.3. The van der Waals surface area contributed by atoms with Gasteiger partial charge in [0.15, 0.2) is 0 Å². The van der Waals surface area contributed by atoms with E-state index in [2.05, 4.69) is 10.6 Å². The van der Waals surface area contributed by atoms with Crippen LogP contribution in [0.2, 0.25) is 0 Å². The third-order valence-corrected chi connectivity index (χ3v) is 4.37. The van der Waals surface area contributed by atoms with Gasteiger partial charge in [0.1, 0.15) is 0 Å². The second-order valence-corrected chi connectivity index (χ2v) is 6.44. The molecule has 2 N–H and O–H groups in total. The Balaban J connectivity index is 1.68. The highest BCUT2D eigenvalue weighted by Crippen LogP contribution is 2.17. The van der Waals surface area contributed by atoms with E-state index in [1.807, 2.05) is 37.3 Å². The molecule has 2 amide bonds. The summed E-state index contributed by atoms with van der Waals surface area (Å²) in [6.07, 6.45) is 0. The predicted octanol–water partition coefficient (Wildman–Crippen LogP) is 4.34. The number of carbonyl (C=O) groups excluding carboxylic acids is 2. The lowest BCUT2D eigenvalue weighted by Crippen LogP contribution is -2.26. The van der Waals surface area contributed by atoms with Crippen molar-refractivity contribution in [2.24, 2.45) is 0 Å². The zero-order valence-corrected chi connectivity index (χ0v) is 15.7. The van der Waals surface area contributed by atoms with E-state index < -0.39 is 10.8 Å². The third kappa shape index (κ3) is 5.04. The molecule has 0 bridgehead atoms. The first kappa shape index (κ1) is 19.8. The molecule has 0 aliphatic rings. The Morgan fingerprint density at radius 2 is 1.55 bits per heavy atom. The Morgan fingerprint density at radius 3 is 2.21 bits per heavy atom. The maximum Gasteiger partial charge on any atom is 0.269 e. The Bertz CT molecular complexity index is 1030. The fraction of sp³-hybridized carbons (Fsp3) is 0.0909. The maximum atomic E-state index is 12.6. The van der Waals surface area contributed by atoms with E-state index in [1.54, 1.807) is 24.3 Å². The molecular weight excluding hydrogens is 370 g/mol. The number of nitrogens with one attached hydrogen (secondary N) is 2. The highest BCUT2D eigenvalue weighted by atomic mass is 16.6. The van der Waals surface area contributed by atoms with Gasteiger partial charge in [0.05, 0.1) is 11.0 Å². The fourth-order valence-electron chi connectivity index (χ4n) is 2.78. The summed E-state index contributed by atoms with van der Waals surface area (Å²) < 4.78 is 0. The molecule has 3 rings (SSSR count). The Morgan fingerprint density at radius 1 is 0.862 bits per heavy atom. The largest absolute Gasteiger partial charge is 0.346 e. The van der Waals surface area contributed by atoms with Crippen molar-refractivity contribution in [3.63, 3.8) is 0 Å². The minimum absolute atomic E-state index is 0.0900. The van der Waals surface area contributed by atoms with Gasteiger partial charge in [-0.15, -0.1) is 0 Å². The van der Waals surface area contributed by atoms with Crippen LogP contribution in [0.15, 0.2) is 78.9 Å². The summed E-state index contributed by atoms with van der Waals surface area (Å²) in [6, 6.07) is 21.3. The number of nitro groups is 1. The van der Waals surface area contributed by atoms with Gasteiger partial charge >= 0.3 is 0 Å². The summed E-state index contributed by atoms with van der Waals surface area (Å²) in [6.45, 7) is 1.90. The van der Waals surface area contributed by atoms with Crippen LogP contribution >= 0.6 is 0 Å². The van der Waals surface area contributed by atoms with E-state index in [9.17, 15) is 19.7 Å². The van der Waals surface area contributed by atoms with Gasteiger partial charge in [-0.3, -0.25) is 19.7 Å². The van der Waals surface area contributed by atoms with E-state index in [-0.39, 0.29) is 23.2 Å². The number of hydrogen-bond donors (Lipinski definition) is 2. The zero-order chi connectivity index (χ0) is 20.8. The molecule has 0 fully saturated rings. The molecule has 146 valence electrons. The summed E-state index contributed by atoms with van der Waals surface area (Å²) in [5.41, 5.74) is 2.04. The number of carbonyl (C=O) groups is 2. The summed E-state index contributed by atoms with van der Waals surface area (Å²) in [7, 11) is 0. The second kappa shape index (κ2) is 8.79. The highest BCUT2D eigenvalue weighted by molar-refractivity contribution is 6.05. The summed E-state index contributed by atoms with van der Waals surface area (Å²) in [5.74, 6) is -0.678. The summed E-state index contributed by atoms with van der Waals surface area (Å²) in [4.78, 5) is 35.1. The van der Waals surface area contributed by atoms with Gasteiger partial charge in [-0.25, -0.2) is 0 Å². The van der Waals surface area contributed by atoms with Crippen LogP contribution in [0.1, 0.15) is 39.2 Å². The van der Waals surface area contributed by atoms with E-state index in [0.717, 1.165) is 5.56 Å². The summed E-state index contributed by atoms with van der Waals surface area (Å²) in [5, 5.41) is 16.3. The van der Waals surface area contributed by atoms with Gasteiger partial charge in [-0.05, 0) is 42.8 Å². The topological polar surface area (TPSA) is 101 Å². The number of amides is 2. The smallest absolute Gasteiger partial charge is 0.269 e. The quantitative estimate of drug-likeness (QED) is 0.484. The molecule has 3 aromatic carbocycles. The van der Waals surface area contributed by atoms with E-state index >= 15 is 0 Å². The Hall–Kier alpha value is -4.00. The molecular formula is C22H19N3O4. The van der Waals surface area contributed by atoms with Gasteiger partial charge in [-0.1, -0.05) is 36.4 Å². The van der Waals surface area contributed by atoms with Crippen LogP contribution in [0.25, 0.3) is 0 Å². The first-order valence-corrected chi connectivity index (χ1v) is 8.96. The van der Waals surface area contributed by atoms with Crippen molar-refractivity contribution in [2.45, 2.75) is 13.0 Å². The Labute approximate surface area is 167 Å². The molecule has 3 aromatic rings. The summed E-state index contributed by atoms with van der Waals surface area (Å²) >= 11 is 0. The fourth-order valence-corrected chi connectivity index (χ4v) is 2.78. The number of benzene rings is 3. The van der Waals surface area contributed by atoms with Crippen LogP contribution in [0.4, 0.5) is 11.4 Å². The first-order valence-electron chi connectivity index (χ1n) is 8.96. The molecule has 7 nitrogen and oxygen atoms in total. The van der Waals surface area contributed by atoms with E-state index in [4.69, 9.17) is 0 Å². The van der Waals surface area contributed by atoms with Crippen LogP contribution in [0.3, 0.4) is 0 Å². The molecule has 0 unspecified atom stereocenters. The second-order valence-electron chi connectivity index (χ2n) is 6.44. The van der Waals surface area contributed by atoms with Gasteiger partial charge in [0.25, 0.3) is 17.5 Å². The minimum atomic E-state index is -0.528. The standard InChI is InChI=1S/C22H19N3O4/c1-15(16-6-3-2-4-7-16)23-22(27)18-8-5-9-19(14-18)24-21(26)17-10-12-20(13-11-17)25(28)29/h2-15H,1H3,(H,23,27)(H,24,26)/t15-/m1/s1. The monoisotopic (exact) mass is 389 g/mol. The predicted molar refractivity (Wildman–Crippen MR) is 110 cm³/mol. The molecule has 0 spiro atoms. The molecule has 0 radical (unpaired) electrons. The molecule has 29 heavy (non-hydrogen) atoms. The van der Waals surface area contributed by atoms with Gasteiger partial charge in [-0.2, -0.15) is 0 Å². The van der Waals surface area contributed by atoms with Crippen molar-refractivity contribution in [1.82, 2.24) is 5.32 Å². The van der Waals surface area contributed by atoms with Crippen LogP contribution < -0.4 is 10.6 Å². The average molecular weight is 389 g/mol. The number of non-ortho nitro benzene ring substituents is 1. The lowest BCUT2D eigenvalue weighted by atomic mass is 10.1. The van der Waals surface area contributed by atoms with E-state index in [1.165, 1.54) is 24.3 Å². The number of anilines is 1. The Kier molecular flexibility index (Phi) is 5.99. The SMILES string of the molecule is C[C@@H](NC(=O)c1cccc(NC(=O)c2ccc([N+](=O)[O-])cc2)c1)c1ccccc1. The van der Waals surface area contributed by atoms with Crippen molar-refractivity contribution in [3.05, 3.63) is 106 Å². The number of rotatable bonds is 6. The molecule has 0 aromatic heterocycles. The number of hydrogen-bond acceptors (Lipinski definition) is 4. The molecule has 0 heterocycles. The lowest BCUT2D eigenvalue weighted by molar-refractivity contribution is -0.384. The van der Waals surface area contributed by atoms with Crippen LogP contribution in [0, 0.1) is 10.1 Å².